The number of benzene rings is 2. The number of carbonyl (C=O) groups excluding carboxylic acids is 1. The highest BCUT2D eigenvalue weighted by Gasteiger charge is 2.26. The molecule has 2 nitrogen and oxygen atoms in total. The summed E-state index contributed by atoms with van der Waals surface area (Å²) in [6.45, 7) is 0. The van der Waals surface area contributed by atoms with E-state index in [4.69, 9.17) is 11.6 Å². The van der Waals surface area contributed by atoms with Gasteiger partial charge in [-0.15, -0.1) is 0 Å². The number of halogens is 2. The Hall–Kier alpha value is -1.87. The number of carbonyl (C=O) groups is 1. The van der Waals surface area contributed by atoms with Crippen LogP contribution in [0.25, 0.3) is 0 Å². The van der Waals surface area contributed by atoms with E-state index in [0.29, 0.717) is 5.69 Å². The number of amides is 1. The van der Waals surface area contributed by atoms with E-state index >= 15 is 0 Å². The third-order valence-corrected chi connectivity index (χ3v) is 4.16. The van der Waals surface area contributed by atoms with Gasteiger partial charge in [0.1, 0.15) is 5.82 Å². The van der Waals surface area contributed by atoms with Crippen molar-refractivity contribution in [1.82, 2.24) is 0 Å². The molecule has 0 radical (unpaired) electrons. The summed E-state index contributed by atoms with van der Waals surface area (Å²) in [6, 6.07) is 12.3. The van der Waals surface area contributed by atoms with E-state index in [-0.39, 0.29) is 16.8 Å². The van der Waals surface area contributed by atoms with Crippen LogP contribution in [0.5, 0.6) is 0 Å². The number of nitrogens with one attached hydrogen (secondary N) is 1. The van der Waals surface area contributed by atoms with Gasteiger partial charge in [0.05, 0.1) is 10.9 Å². The summed E-state index contributed by atoms with van der Waals surface area (Å²) in [4.78, 5) is 12.5. The predicted molar refractivity (Wildman–Crippen MR) is 82.2 cm³/mol. The summed E-state index contributed by atoms with van der Waals surface area (Å²) in [5.74, 6) is -0.707. The summed E-state index contributed by atoms with van der Waals surface area (Å²) in [7, 11) is 0. The Morgan fingerprint density at radius 1 is 1.24 bits per heavy atom. The third-order valence-electron chi connectivity index (χ3n) is 3.87. The van der Waals surface area contributed by atoms with Crippen LogP contribution < -0.4 is 5.32 Å². The molecular weight excluding hydrogens is 289 g/mol. The number of fused-ring (bicyclic) bond motifs is 1. The normalized spacial score (nSPS) is 17.1. The molecule has 0 aromatic heterocycles. The quantitative estimate of drug-likeness (QED) is 0.867. The van der Waals surface area contributed by atoms with Gasteiger partial charge >= 0.3 is 0 Å². The molecule has 21 heavy (non-hydrogen) atoms. The molecule has 0 heterocycles. The zero-order chi connectivity index (χ0) is 14.8. The molecule has 1 aliphatic carbocycles. The van der Waals surface area contributed by atoms with Crippen LogP contribution in [0.2, 0.25) is 5.02 Å². The Morgan fingerprint density at radius 3 is 2.86 bits per heavy atom. The number of anilines is 1. The van der Waals surface area contributed by atoms with Crippen LogP contribution in [0, 0.1) is 5.82 Å². The summed E-state index contributed by atoms with van der Waals surface area (Å²) < 4.78 is 13.1. The van der Waals surface area contributed by atoms with Crippen LogP contribution in [-0.4, -0.2) is 5.91 Å². The second-order valence-corrected chi connectivity index (χ2v) is 5.67. The maximum absolute atomic E-state index is 13.1. The van der Waals surface area contributed by atoms with Crippen molar-refractivity contribution in [2.45, 2.75) is 25.2 Å². The number of hydrogen-bond acceptors (Lipinski definition) is 1. The first-order valence-electron chi connectivity index (χ1n) is 6.99. The standard InChI is InChI=1S/C17H15ClFNO/c18-15-10-12(8-9-16(15)19)20-17(21)14-7-3-5-11-4-1-2-6-13(11)14/h1-2,4,6,8-10,14H,3,5,7H2,(H,20,21). The predicted octanol–water partition coefficient (Wildman–Crippen LogP) is 4.54. The molecule has 2 aromatic carbocycles. The fourth-order valence-corrected chi connectivity index (χ4v) is 3.01. The lowest BCUT2D eigenvalue weighted by atomic mass is 9.82. The van der Waals surface area contributed by atoms with E-state index in [2.05, 4.69) is 11.4 Å². The Kier molecular flexibility index (Phi) is 3.93. The van der Waals surface area contributed by atoms with Crippen LogP contribution in [0.15, 0.2) is 42.5 Å². The second-order valence-electron chi connectivity index (χ2n) is 5.26. The highest BCUT2D eigenvalue weighted by atomic mass is 35.5. The van der Waals surface area contributed by atoms with Gasteiger partial charge in [0, 0.05) is 5.69 Å². The second kappa shape index (κ2) is 5.86. The smallest absolute Gasteiger partial charge is 0.231 e. The lowest BCUT2D eigenvalue weighted by Gasteiger charge is -2.24. The average Bonchev–Trinajstić information content (AvgIpc) is 2.50. The minimum absolute atomic E-state index is 0.0110. The molecule has 4 heteroatoms. The fourth-order valence-electron chi connectivity index (χ4n) is 2.83. The van der Waals surface area contributed by atoms with Gasteiger partial charge in [-0.25, -0.2) is 4.39 Å². The monoisotopic (exact) mass is 303 g/mol. The van der Waals surface area contributed by atoms with Crippen molar-refractivity contribution in [3.8, 4) is 0 Å². The molecule has 1 atom stereocenters. The summed E-state index contributed by atoms with van der Waals surface area (Å²) in [6.07, 6.45) is 2.85. The van der Waals surface area contributed by atoms with Crippen molar-refractivity contribution in [2.75, 3.05) is 5.32 Å². The van der Waals surface area contributed by atoms with E-state index in [1.165, 1.54) is 23.8 Å². The Morgan fingerprint density at radius 2 is 2.05 bits per heavy atom. The highest BCUT2D eigenvalue weighted by molar-refractivity contribution is 6.31. The van der Waals surface area contributed by atoms with Gasteiger partial charge in [0.25, 0.3) is 0 Å². The first-order chi connectivity index (χ1) is 10.1. The lowest BCUT2D eigenvalue weighted by molar-refractivity contribution is -0.117. The molecule has 1 unspecified atom stereocenters. The molecular formula is C17H15ClFNO. The molecule has 1 N–H and O–H groups in total. The van der Waals surface area contributed by atoms with E-state index in [0.717, 1.165) is 24.8 Å². The summed E-state index contributed by atoms with van der Waals surface area (Å²) in [5.41, 5.74) is 2.85. The molecule has 0 spiro atoms. The minimum atomic E-state index is -0.488. The van der Waals surface area contributed by atoms with Gasteiger partial charge in [-0.2, -0.15) is 0 Å². The molecule has 108 valence electrons. The Labute approximate surface area is 127 Å². The maximum atomic E-state index is 13.1. The molecule has 0 saturated heterocycles. The van der Waals surface area contributed by atoms with E-state index in [1.54, 1.807) is 0 Å². The average molecular weight is 304 g/mol. The lowest BCUT2D eigenvalue weighted by Crippen LogP contribution is -2.24. The van der Waals surface area contributed by atoms with E-state index < -0.39 is 5.82 Å². The van der Waals surface area contributed by atoms with Crippen molar-refractivity contribution in [2.24, 2.45) is 0 Å². The van der Waals surface area contributed by atoms with Crippen molar-refractivity contribution in [3.05, 3.63) is 64.4 Å². The first-order valence-corrected chi connectivity index (χ1v) is 7.36. The Bertz CT molecular complexity index is 686. The van der Waals surface area contributed by atoms with Crippen LogP contribution in [0.3, 0.4) is 0 Å². The maximum Gasteiger partial charge on any atom is 0.231 e. The van der Waals surface area contributed by atoms with Crippen molar-refractivity contribution in [1.29, 1.82) is 0 Å². The van der Waals surface area contributed by atoms with Crippen molar-refractivity contribution in [3.63, 3.8) is 0 Å². The van der Waals surface area contributed by atoms with Crippen LogP contribution in [0.4, 0.5) is 10.1 Å². The van der Waals surface area contributed by atoms with Gasteiger partial charge < -0.3 is 5.32 Å². The van der Waals surface area contributed by atoms with Gasteiger partial charge in [-0.3, -0.25) is 4.79 Å². The van der Waals surface area contributed by atoms with Crippen molar-refractivity contribution < 1.29 is 9.18 Å². The SMILES string of the molecule is O=C(Nc1ccc(F)c(Cl)c1)C1CCCc2ccccc21. The third kappa shape index (κ3) is 2.93. The van der Waals surface area contributed by atoms with Gasteiger partial charge in [-0.05, 0) is 48.6 Å². The fraction of sp³-hybridized carbons (Fsp3) is 0.235. The number of aryl methyl sites for hydroxylation is 1. The van der Waals surface area contributed by atoms with Crippen LogP contribution >= 0.6 is 11.6 Å². The summed E-state index contributed by atoms with van der Waals surface area (Å²) >= 11 is 5.74. The number of hydrogen-bond donors (Lipinski definition) is 1. The molecule has 0 fully saturated rings. The zero-order valence-electron chi connectivity index (χ0n) is 11.4. The largest absolute Gasteiger partial charge is 0.326 e. The molecule has 2 aromatic rings. The van der Waals surface area contributed by atoms with E-state index in [1.807, 2.05) is 18.2 Å². The minimum Gasteiger partial charge on any atom is -0.326 e. The molecule has 1 aliphatic rings. The first kappa shape index (κ1) is 14.1. The van der Waals surface area contributed by atoms with E-state index in [9.17, 15) is 9.18 Å². The molecule has 0 bridgehead atoms. The Balaban J connectivity index is 1.81. The molecule has 0 saturated carbocycles. The highest BCUT2D eigenvalue weighted by Crippen LogP contribution is 2.32. The molecule has 0 aliphatic heterocycles. The van der Waals surface area contributed by atoms with Crippen LogP contribution in [0.1, 0.15) is 29.9 Å². The number of rotatable bonds is 2. The van der Waals surface area contributed by atoms with Crippen molar-refractivity contribution >= 4 is 23.2 Å². The topological polar surface area (TPSA) is 29.1 Å². The zero-order valence-corrected chi connectivity index (χ0v) is 12.2. The van der Waals surface area contributed by atoms with Crippen LogP contribution in [-0.2, 0) is 11.2 Å². The van der Waals surface area contributed by atoms with Gasteiger partial charge in [0.15, 0.2) is 0 Å². The molecule has 3 rings (SSSR count). The van der Waals surface area contributed by atoms with Gasteiger partial charge in [-0.1, -0.05) is 35.9 Å². The summed E-state index contributed by atoms with van der Waals surface area (Å²) in [5, 5.41) is 2.84. The van der Waals surface area contributed by atoms with Gasteiger partial charge in [0.2, 0.25) is 5.91 Å². The molecule has 1 amide bonds.